The Morgan fingerprint density at radius 2 is 2.19 bits per heavy atom. The molecule has 4 atom stereocenters. The lowest BCUT2D eigenvalue weighted by molar-refractivity contribution is -0.152. The molecule has 3 aliphatic rings. The number of fused-ring (bicyclic) bond motifs is 2. The Kier molecular flexibility index (Phi) is 2.66. The molecule has 3 fully saturated rings. The summed E-state index contributed by atoms with van der Waals surface area (Å²) in [6.07, 6.45) is 6.76. The highest BCUT2D eigenvalue weighted by molar-refractivity contribution is 5.76. The van der Waals surface area contributed by atoms with E-state index in [2.05, 4.69) is 4.90 Å². The van der Waals surface area contributed by atoms with Crippen LogP contribution in [0.5, 0.6) is 0 Å². The summed E-state index contributed by atoms with van der Waals surface area (Å²) in [7, 11) is 1.50. The van der Waals surface area contributed by atoms with Crippen LogP contribution in [0.2, 0.25) is 0 Å². The fourth-order valence-electron chi connectivity index (χ4n) is 3.96. The van der Waals surface area contributed by atoms with E-state index < -0.39 is 0 Å². The molecule has 0 radical (unpaired) electrons. The number of hydrogen-bond acceptors (Lipinski definition) is 3. The van der Waals surface area contributed by atoms with E-state index in [1.54, 1.807) is 0 Å². The van der Waals surface area contributed by atoms with Crippen LogP contribution < -0.4 is 0 Å². The van der Waals surface area contributed by atoms with Gasteiger partial charge in [-0.05, 0) is 43.4 Å². The van der Waals surface area contributed by atoms with Crippen LogP contribution in [0.25, 0.3) is 0 Å². The van der Waals surface area contributed by atoms with Crippen molar-refractivity contribution in [3.05, 3.63) is 0 Å². The third kappa shape index (κ3) is 1.65. The number of nitrogens with zero attached hydrogens (tertiary/aromatic N) is 1. The summed E-state index contributed by atoms with van der Waals surface area (Å²) in [5.41, 5.74) is 0. The maximum atomic E-state index is 11.5. The van der Waals surface area contributed by atoms with Gasteiger partial charge >= 0.3 is 5.97 Å². The Morgan fingerprint density at radius 3 is 2.69 bits per heavy atom. The van der Waals surface area contributed by atoms with Crippen molar-refractivity contribution in [3.63, 3.8) is 0 Å². The summed E-state index contributed by atoms with van der Waals surface area (Å²) in [6.45, 7) is 2.23. The molecule has 0 aromatic heterocycles. The molecular formula is C13H21NO2. The van der Waals surface area contributed by atoms with Crippen LogP contribution >= 0.6 is 0 Å². The lowest BCUT2D eigenvalue weighted by atomic mass is 9.87. The van der Waals surface area contributed by atoms with Crippen molar-refractivity contribution in [2.45, 2.75) is 38.1 Å². The quantitative estimate of drug-likeness (QED) is 0.682. The Bertz CT molecular complexity index is 292. The zero-order valence-corrected chi connectivity index (χ0v) is 10.0. The van der Waals surface area contributed by atoms with Crippen molar-refractivity contribution in [2.75, 3.05) is 20.2 Å². The van der Waals surface area contributed by atoms with E-state index in [-0.39, 0.29) is 12.0 Å². The number of esters is 1. The van der Waals surface area contributed by atoms with Gasteiger partial charge < -0.3 is 4.74 Å². The molecule has 2 bridgehead atoms. The van der Waals surface area contributed by atoms with E-state index in [1.165, 1.54) is 32.8 Å². The zero-order valence-electron chi connectivity index (χ0n) is 10.0. The van der Waals surface area contributed by atoms with Gasteiger partial charge in [0.05, 0.1) is 7.11 Å². The van der Waals surface area contributed by atoms with Crippen molar-refractivity contribution >= 4 is 5.97 Å². The first-order valence-electron chi connectivity index (χ1n) is 6.60. The number of rotatable bonds is 3. The zero-order chi connectivity index (χ0) is 11.1. The lowest BCUT2D eigenvalue weighted by Gasteiger charge is -2.41. The van der Waals surface area contributed by atoms with Crippen molar-refractivity contribution < 1.29 is 9.53 Å². The minimum absolute atomic E-state index is 0.0330. The second kappa shape index (κ2) is 4.02. The molecule has 0 aromatic carbocycles. The molecule has 90 valence electrons. The second-order valence-electron chi connectivity index (χ2n) is 5.76. The lowest BCUT2D eigenvalue weighted by Crippen LogP contribution is -2.54. The van der Waals surface area contributed by atoms with Crippen molar-refractivity contribution in [2.24, 2.45) is 17.8 Å². The third-order valence-corrected chi connectivity index (χ3v) is 4.96. The number of carbonyl (C=O) groups is 1. The maximum absolute atomic E-state index is 11.5. The van der Waals surface area contributed by atoms with Gasteiger partial charge in [0.25, 0.3) is 0 Å². The van der Waals surface area contributed by atoms with E-state index in [0.717, 1.165) is 37.3 Å². The van der Waals surface area contributed by atoms with Gasteiger partial charge in [0.2, 0.25) is 0 Å². The van der Waals surface area contributed by atoms with E-state index in [4.69, 9.17) is 4.74 Å². The van der Waals surface area contributed by atoms with Gasteiger partial charge in [0.15, 0.2) is 0 Å². The van der Waals surface area contributed by atoms with Crippen LogP contribution in [-0.2, 0) is 9.53 Å². The van der Waals surface area contributed by atoms with E-state index in [1.807, 2.05) is 0 Å². The monoisotopic (exact) mass is 223 g/mol. The molecule has 16 heavy (non-hydrogen) atoms. The maximum Gasteiger partial charge on any atom is 0.323 e. The number of carbonyl (C=O) groups excluding carboxylic acids is 1. The largest absolute Gasteiger partial charge is 0.468 e. The molecule has 3 rings (SSSR count). The standard InChI is InChI=1S/C13H21NO2/c1-16-13(15)12-4-5-14(12)8-11-7-9-2-3-10(11)6-9/h9-12H,2-8H2,1H3. The number of ether oxygens (including phenoxy) is 1. The van der Waals surface area contributed by atoms with Crippen molar-refractivity contribution in [1.29, 1.82) is 0 Å². The molecule has 1 heterocycles. The Hall–Kier alpha value is -0.570. The second-order valence-corrected chi connectivity index (χ2v) is 5.76. The molecule has 3 heteroatoms. The first-order valence-corrected chi connectivity index (χ1v) is 6.60. The molecule has 4 unspecified atom stereocenters. The van der Waals surface area contributed by atoms with Crippen LogP contribution in [0.4, 0.5) is 0 Å². The van der Waals surface area contributed by atoms with E-state index in [9.17, 15) is 4.79 Å². The smallest absolute Gasteiger partial charge is 0.323 e. The Morgan fingerprint density at radius 1 is 1.31 bits per heavy atom. The molecule has 0 N–H and O–H groups in total. The van der Waals surface area contributed by atoms with Gasteiger partial charge in [-0.1, -0.05) is 6.42 Å². The number of methoxy groups -OCH3 is 1. The summed E-state index contributed by atoms with van der Waals surface area (Å²) < 4.78 is 4.83. The van der Waals surface area contributed by atoms with Gasteiger partial charge in [-0.25, -0.2) is 0 Å². The van der Waals surface area contributed by atoms with Crippen molar-refractivity contribution in [3.8, 4) is 0 Å². The summed E-state index contributed by atoms with van der Waals surface area (Å²) in [5.74, 6) is 2.80. The van der Waals surface area contributed by atoms with Crippen LogP contribution in [0, 0.1) is 17.8 Å². The topological polar surface area (TPSA) is 29.5 Å². The average Bonchev–Trinajstić information content (AvgIpc) is 2.85. The first-order chi connectivity index (χ1) is 7.78. The minimum atomic E-state index is -0.0330. The fraction of sp³-hybridized carbons (Fsp3) is 0.923. The first kappa shape index (κ1) is 10.6. The molecular weight excluding hydrogens is 202 g/mol. The van der Waals surface area contributed by atoms with E-state index in [0.29, 0.717) is 0 Å². The number of hydrogen-bond donors (Lipinski definition) is 0. The highest BCUT2D eigenvalue weighted by atomic mass is 16.5. The predicted octanol–water partition coefficient (Wildman–Crippen LogP) is 1.67. The highest BCUT2D eigenvalue weighted by Gasteiger charge is 2.43. The normalized spacial score (nSPS) is 42.1. The fourth-order valence-corrected chi connectivity index (χ4v) is 3.96. The molecule has 1 saturated heterocycles. The molecule has 2 aliphatic carbocycles. The van der Waals surface area contributed by atoms with Crippen LogP contribution in [0.15, 0.2) is 0 Å². The minimum Gasteiger partial charge on any atom is -0.468 e. The van der Waals surface area contributed by atoms with Gasteiger partial charge in [0.1, 0.15) is 6.04 Å². The molecule has 3 nitrogen and oxygen atoms in total. The van der Waals surface area contributed by atoms with Crippen LogP contribution in [0.3, 0.4) is 0 Å². The van der Waals surface area contributed by atoms with Crippen LogP contribution in [0.1, 0.15) is 32.1 Å². The molecule has 0 amide bonds. The van der Waals surface area contributed by atoms with Gasteiger partial charge in [0, 0.05) is 13.1 Å². The highest BCUT2D eigenvalue weighted by Crippen LogP contribution is 2.48. The number of likely N-dealkylation sites (tertiary alicyclic amines) is 1. The van der Waals surface area contributed by atoms with E-state index >= 15 is 0 Å². The summed E-state index contributed by atoms with van der Waals surface area (Å²) in [6, 6.07) is 0.0733. The average molecular weight is 223 g/mol. The summed E-state index contributed by atoms with van der Waals surface area (Å²) in [4.78, 5) is 13.8. The predicted molar refractivity (Wildman–Crippen MR) is 60.9 cm³/mol. The molecule has 0 spiro atoms. The van der Waals surface area contributed by atoms with Gasteiger partial charge in [-0.15, -0.1) is 0 Å². The van der Waals surface area contributed by atoms with Gasteiger partial charge in [-0.2, -0.15) is 0 Å². The SMILES string of the molecule is COC(=O)C1CCN1CC1CC2CCC1C2. The Labute approximate surface area is 97.1 Å². The Balaban J connectivity index is 1.54. The van der Waals surface area contributed by atoms with Crippen molar-refractivity contribution in [1.82, 2.24) is 4.90 Å². The summed E-state index contributed by atoms with van der Waals surface area (Å²) in [5, 5.41) is 0. The van der Waals surface area contributed by atoms with Gasteiger partial charge in [-0.3, -0.25) is 9.69 Å². The molecule has 0 aromatic rings. The third-order valence-electron chi connectivity index (χ3n) is 4.96. The van der Waals surface area contributed by atoms with Crippen LogP contribution in [-0.4, -0.2) is 37.1 Å². The molecule has 2 saturated carbocycles. The molecule has 1 aliphatic heterocycles. The summed E-state index contributed by atoms with van der Waals surface area (Å²) >= 11 is 0.